The van der Waals surface area contributed by atoms with E-state index in [1.807, 2.05) is 30.6 Å². The van der Waals surface area contributed by atoms with Crippen LogP contribution in [0.4, 0.5) is 11.5 Å². The molecule has 4 aromatic rings. The molecule has 1 saturated carbocycles. The molecule has 3 aromatic heterocycles. The zero-order valence-corrected chi connectivity index (χ0v) is 24.1. The van der Waals surface area contributed by atoms with Crippen LogP contribution in [-0.2, 0) is 6.42 Å². The molecule has 6 rings (SSSR count). The third-order valence-electron chi connectivity index (χ3n) is 8.84. The van der Waals surface area contributed by atoms with Crippen molar-refractivity contribution in [1.82, 2.24) is 20.2 Å². The molecule has 1 saturated heterocycles. The summed E-state index contributed by atoms with van der Waals surface area (Å²) in [6.45, 7) is 2.08. The highest BCUT2D eigenvalue weighted by Crippen LogP contribution is 2.29. The number of benzene rings is 1. The number of piperidine rings is 1. The predicted molar refractivity (Wildman–Crippen MR) is 166 cm³/mol. The highest BCUT2D eigenvalue weighted by Gasteiger charge is 2.17. The van der Waals surface area contributed by atoms with Crippen molar-refractivity contribution < 1.29 is 4.79 Å². The molecule has 7 nitrogen and oxygen atoms in total. The first-order chi connectivity index (χ1) is 20.2. The topological polar surface area (TPSA) is 86.8 Å². The number of H-pyrrole nitrogens is 1. The molecule has 4 heterocycles. The molecular weight excluding hydrogens is 508 g/mol. The highest BCUT2D eigenvalue weighted by molar-refractivity contribution is 6.11. The van der Waals surface area contributed by atoms with Gasteiger partial charge in [-0.3, -0.25) is 14.9 Å². The van der Waals surface area contributed by atoms with Gasteiger partial charge in [0, 0.05) is 36.4 Å². The van der Waals surface area contributed by atoms with Crippen LogP contribution in [0.3, 0.4) is 0 Å². The molecule has 214 valence electrons. The van der Waals surface area contributed by atoms with Crippen molar-refractivity contribution in [2.75, 3.05) is 23.3 Å². The summed E-state index contributed by atoms with van der Waals surface area (Å²) in [7, 11) is 0. The lowest BCUT2D eigenvalue weighted by Gasteiger charge is -2.27. The molecule has 0 spiro atoms. The number of rotatable bonds is 6. The van der Waals surface area contributed by atoms with E-state index in [1.165, 1.54) is 82.6 Å². The van der Waals surface area contributed by atoms with Gasteiger partial charge in [-0.15, -0.1) is 0 Å². The van der Waals surface area contributed by atoms with Gasteiger partial charge in [0.25, 0.3) is 5.91 Å². The summed E-state index contributed by atoms with van der Waals surface area (Å²) in [5, 5.41) is 11.2. The van der Waals surface area contributed by atoms with Gasteiger partial charge >= 0.3 is 0 Å². The Labute approximate surface area is 243 Å². The Hall–Kier alpha value is -3.74. The lowest BCUT2D eigenvalue weighted by atomic mass is 9.87. The molecule has 1 aromatic carbocycles. The van der Waals surface area contributed by atoms with Crippen LogP contribution in [0, 0.1) is 5.92 Å². The van der Waals surface area contributed by atoms with Crippen LogP contribution < -0.4 is 10.2 Å². The number of pyridine rings is 2. The number of amides is 1. The second kappa shape index (κ2) is 13.3. The second-order valence-electron chi connectivity index (χ2n) is 11.9. The fraction of sp³-hybridized carbons (Fsp3) is 0.471. The van der Waals surface area contributed by atoms with Gasteiger partial charge in [-0.05, 0) is 73.1 Å². The van der Waals surface area contributed by atoms with Crippen molar-refractivity contribution in [1.29, 1.82) is 0 Å². The third-order valence-corrected chi connectivity index (χ3v) is 8.84. The number of nitrogens with zero attached hydrogens (tertiary/aromatic N) is 4. The number of nitrogens with one attached hydrogen (secondary N) is 2. The van der Waals surface area contributed by atoms with E-state index >= 15 is 0 Å². The molecule has 2 fully saturated rings. The van der Waals surface area contributed by atoms with Gasteiger partial charge < -0.3 is 10.2 Å². The molecule has 0 radical (unpaired) electrons. The number of anilines is 2. The van der Waals surface area contributed by atoms with Gasteiger partial charge in [0.1, 0.15) is 5.82 Å². The molecule has 2 N–H and O–H groups in total. The molecule has 41 heavy (non-hydrogen) atoms. The maximum absolute atomic E-state index is 13.3. The van der Waals surface area contributed by atoms with Crippen LogP contribution in [-0.4, -0.2) is 39.2 Å². The minimum absolute atomic E-state index is 0.246. The fourth-order valence-corrected chi connectivity index (χ4v) is 6.52. The third kappa shape index (κ3) is 6.95. The monoisotopic (exact) mass is 550 g/mol. The Morgan fingerprint density at radius 3 is 2.34 bits per heavy atom. The van der Waals surface area contributed by atoms with Gasteiger partial charge in [0.15, 0.2) is 5.69 Å². The fourth-order valence-electron chi connectivity index (χ4n) is 6.52. The first kappa shape index (κ1) is 27.4. The van der Waals surface area contributed by atoms with E-state index in [2.05, 4.69) is 48.6 Å². The Morgan fingerprint density at radius 2 is 1.59 bits per heavy atom. The number of hydrogen-bond donors (Lipinski definition) is 2. The van der Waals surface area contributed by atoms with Crippen molar-refractivity contribution in [2.24, 2.45) is 5.92 Å². The zero-order valence-electron chi connectivity index (χ0n) is 24.1. The maximum atomic E-state index is 13.3. The summed E-state index contributed by atoms with van der Waals surface area (Å²) in [5.74, 6) is 1.46. The average Bonchev–Trinajstić information content (AvgIpc) is 3.45. The molecule has 1 amide bonds. The van der Waals surface area contributed by atoms with Crippen LogP contribution in [0.1, 0.15) is 93.1 Å². The quantitative estimate of drug-likeness (QED) is 0.254. The van der Waals surface area contributed by atoms with Crippen molar-refractivity contribution in [3.05, 3.63) is 66.2 Å². The van der Waals surface area contributed by atoms with E-state index in [-0.39, 0.29) is 5.91 Å². The normalized spacial score (nSPS) is 17.4. The smallest absolute Gasteiger partial charge is 0.276 e. The van der Waals surface area contributed by atoms with Crippen molar-refractivity contribution in [3.8, 4) is 11.1 Å². The summed E-state index contributed by atoms with van der Waals surface area (Å²) in [6.07, 6.45) is 22.7. The molecule has 0 atom stereocenters. The summed E-state index contributed by atoms with van der Waals surface area (Å²) in [5.41, 5.74) is 5.31. The Bertz CT molecular complexity index is 1430. The van der Waals surface area contributed by atoms with Crippen molar-refractivity contribution >= 4 is 28.3 Å². The largest absolute Gasteiger partial charge is 0.357 e. The minimum atomic E-state index is -0.246. The second-order valence-corrected chi connectivity index (χ2v) is 11.9. The zero-order chi connectivity index (χ0) is 27.9. The number of carbonyl (C=O) groups excluding carboxylic acids is 1. The van der Waals surface area contributed by atoms with Gasteiger partial charge in [0.2, 0.25) is 0 Å². The number of hydrogen-bond acceptors (Lipinski definition) is 5. The number of aromatic nitrogens is 4. The lowest BCUT2D eigenvalue weighted by Crippen LogP contribution is -2.30. The van der Waals surface area contributed by atoms with Crippen LogP contribution in [0.5, 0.6) is 0 Å². The van der Waals surface area contributed by atoms with Crippen molar-refractivity contribution in [2.45, 2.75) is 83.5 Å². The lowest BCUT2D eigenvalue weighted by molar-refractivity contribution is 0.102. The first-order valence-corrected chi connectivity index (χ1v) is 15.7. The standard InChI is InChI=1S/C34H42N6O/c41-34(37-29-14-16-32(36-24-29)40-17-9-6-10-18-40)33-30-21-27(13-15-31(30)38-39-33)28-20-26(22-35-23-28)19-25-11-7-4-2-1-3-5-8-12-25/h13-16,20-25H,1-12,17-19H2,(H,37,41)(H,38,39). The van der Waals surface area contributed by atoms with E-state index < -0.39 is 0 Å². The van der Waals surface area contributed by atoms with E-state index in [0.717, 1.165) is 53.3 Å². The van der Waals surface area contributed by atoms with E-state index in [1.54, 1.807) is 6.20 Å². The molecule has 2 aliphatic rings. The van der Waals surface area contributed by atoms with E-state index in [4.69, 9.17) is 0 Å². The summed E-state index contributed by atoms with van der Waals surface area (Å²) in [6, 6.07) is 12.3. The summed E-state index contributed by atoms with van der Waals surface area (Å²) in [4.78, 5) is 24.8. The molecule has 0 bridgehead atoms. The van der Waals surface area contributed by atoms with Crippen LogP contribution in [0.25, 0.3) is 22.0 Å². The van der Waals surface area contributed by atoms with Gasteiger partial charge in [0.05, 0.1) is 17.4 Å². The minimum Gasteiger partial charge on any atom is -0.357 e. The average molecular weight is 551 g/mol. The van der Waals surface area contributed by atoms with Crippen LogP contribution in [0.2, 0.25) is 0 Å². The maximum Gasteiger partial charge on any atom is 0.276 e. The SMILES string of the molecule is O=C(Nc1ccc(N2CCCCC2)nc1)c1n[nH]c2ccc(-c3cncc(CC4CCCCCCCCC4)c3)cc12. The Balaban J connectivity index is 1.16. The molecule has 0 unspecified atom stereocenters. The summed E-state index contributed by atoms with van der Waals surface area (Å²) < 4.78 is 0. The number of carbonyl (C=O) groups is 1. The predicted octanol–water partition coefficient (Wildman–Crippen LogP) is 7.95. The van der Waals surface area contributed by atoms with Gasteiger partial charge in [-0.1, -0.05) is 63.9 Å². The van der Waals surface area contributed by atoms with Crippen molar-refractivity contribution in [3.63, 3.8) is 0 Å². The molecular formula is C34H42N6O. The van der Waals surface area contributed by atoms with E-state index in [9.17, 15) is 4.79 Å². The summed E-state index contributed by atoms with van der Waals surface area (Å²) >= 11 is 0. The van der Waals surface area contributed by atoms with Gasteiger partial charge in [-0.2, -0.15) is 5.10 Å². The van der Waals surface area contributed by atoms with E-state index in [0.29, 0.717) is 11.4 Å². The number of fused-ring (bicyclic) bond motifs is 1. The van der Waals surface area contributed by atoms with Crippen LogP contribution in [0.15, 0.2) is 55.0 Å². The molecule has 1 aliphatic carbocycles. The Kier molecular flexibility index (Phi) is 8.89. The van der Waals surface area contributed by atoms with Crippen LogP contribution >= 0.6 is 0 Å². The highest BCUT2D eigenvalue weighted by atomic mass is 16.1. The first-order valence-electron chi connectivity index (χ1n) is 15.7. The molecule has 1 aliphatic heterocycles. The van der Waals surface area contributed by atoms with Gasteiger partial charge in [-0.25, -0.2) is 4.98 Å². The molecule has 7 heteroatoms. The Morgan fingerprint density at radius 1 is 0.829 bits per heavy atom. The number of aromatic amines is 1.